The van der Waals surface area contributed by atoms with Crippen LogP contribution in [0.4, 0.5) is 0 Å². The highest BCUT2D eigenvalue weighted by Crippen LogP contribution is 2.10. The van der Waals surface area contributed by atoms with Crippen LogP contribution in [0, 0.1) is 6.92 Å². The van der Waals surface area contributed by atoms with Gasteiger partial charge in [-0.3, -0.25) is 14.2 Å². The maximum Gasteiger partial charge on any atom is 0.340 e. The molecule has 0 N–H and O–H groups in total. The van der Waals surface area contributed by atoms with Crippen molar-refractivity contribution in [1.82, 2.24) is 14.4 Å². The minimum Gasteiger partial charge on any atom is -0.456 e. The van der Waals surface area contributed by atoms with Gasteiger partial charge in [-0.15, -0.1) is 0 Å². The number of fused-ring (bicyclic) bond motifs is 1. The molecule has 0 saturated carbocycles. The van der Waals surface area contributed by atoms with E-state index in [0.717, 1.165) is 10.2 Å². The highest BCUT2D eigenvalue weighted by atomic mass is 79.9. The van der Waals surface area contributed by atoms with E-state index < -0.39 is 5.97 Å². The summed E-state index contributed by atoms with van der Waals surface area (Å²) in [5, 5.41) is 0. The van der Waals surface area contributed by atoms with Gasteiger partial charge in [0.1, 0.15) is 12.3 Å². The molecule has 0 aliphatic rings. The summed E-state index contributed by atoms with van der Waals surface area (Å²) in [6.45, 7) is 1.76. The summed E-state index contributed by atoms with van der Waals surface area (Å²) in [5.74, 6) is -0.504. The highest BCUT2D eigenvalue weighted by molar-refractivity contribution is 9.10. The molecule has 6 nitrogen and oxygen atoms in total. The van der Waals surface area contributed by atoms with Crippen LogP contribution in [0.1, 0.15) is 21.7 Å². The monoisotopic (exact) mass is 373 g/mol. The molecule has 0 aliphatic heterocycles. The number of carbonyl (C=O) groups is 1. The number of aryl methyl sites for hydroxylation is 1. The van der Waals surface area contributed by atoms with Crippen LogP contribution in [-0.4, -0.2) is 20.3 Å². The third-order valence-corrected chi connectivity index (χ3v) is 3.64. The predicted molar refractivity (Wildman–Crippen MR) is 87.3 cm³/mol. The van der Waals surface area contributed by atoms with Crippen LogP contribution in [0.5, 0.6) is 0 Å². The molecule has 3 heterocycles. The largest absolute Gasteiger partial charge is 0.456 e. The Morgan fingerprint density at radius 3 is 2.87 bits per heavy atom. The van der Waals surface area contributed by atoms with Crippen molar-refractivity contribution in [2.45, 2.75) is 13.5 Å². The molecular formula is C16H12BrN3O3. The van der Waals surface area contributed by atoms with Crippen molar-refractivity contribution >= 4 is 27.5 Å². The van der Waals surface area contributed by atoms with Gasteiger partial charge in [-0.25, -0.2) is 9.78 Å². The second-order valence-corrected chi connectivity index (χ2v) is 5.84. The number of carbonyl (C=O) groups excluding carboxylic acids is 1. The fourth-order valence-electron chi connectivity index (χ4n) is 2.01. The maximum atomic E-state index is 12.1. The Labute approximate surface area is 139 Å². The Bertz CT molecular complexity index is 935. The van der Waals surface area contributed by atoms with Crippen LogP contribution in [0.15, 0.2) is 52.0 Å². The van der Waals surface area contributed by atoms with Crippen molar-refractivity contribution in [3.63, 3.8) is 0 Å². The average molecular weight is 374 g/mol. The first-order chi connectivity index (χ1) is 11.0. The van der Waals surface area contributed by atoms with Crippen molar-refractivity contribution in [2.75, 3.05) is 0 Å². The number of nitrogens with zero attached hydrogens (tertiary/aromatic N) is 3. The molecule has 3 aromatic rings. The van der Waals surface area contributed by atoms with Crippen LogP contribution in [0.3, 0.4) is 0 Å². The Morgan fingerprint density at radius 2 is 2.13 bits per heavy atom. The SMILES string of the molecule is Cc1ccc(C(=O)OCc2cc(=O)n3cc(Br)ccc3n2)cn1. The van der Waals surface area contributed by atoms with Crippen LogP contribution in [-0.2, 0) is 11.3 Å². The normalized spacial score (nSPS) is 10.7. The van der Waals surface area contributed by atoms with Gasteiger partial charge >= 0.3 is 5.97 Å². The first kappa shape index (κ1) is 15.4. The summed E-state index contributed by atoms with van der Waals surface area (Å²) in [6.07, 6.45) is 3.09. The van der Waals surface area contributed by atoms with E-state index in [-0.39, 0.29) is 12.2 Å². The lowest BCUT2D eigenvalue weighted by Crippen LogP contribution is -2.16. The van der Waals surface area contributed by atoms with Gasteiger partial charge < -0.3 is 4.74 Å². The summed E-state index contributed by atoms with van der Waals surface area (Å²) in [6, 6.07) is 8.22. The molecule has 0 aliphatic carbocycles. The minimum atomic E-state index is -0.504. The molecule has 0 unspecified atom stereocenters. The van der Waals surface area contributed by atoms with E-state index >= 15 is 0 Å². The summed E-state index contributed by atoms with van der Waals surface area (Å²) in [5.41, 5.74) is 1.82. The van der Waals surface area contributed by atoms with Crippen molar-refractivity contribution in [2.24, 2.45) is 0 Å². The Morgan fingerprint density at radius 1 is 1.30 bits per heavy atom. The zero-order valence-electron chi connectivity index (χ0n) is 12.2. The number of hydrogen-bond acceptors (Lipinski definition) is 5. The lowest BCUT2D eigenvalue weighted by molar-refractivity contribution is 0.0467. The fourth-order valence-corrected chi connectivity index (χ4v) is 2.35. The molecule has 3 aromatic heterocycles. The van der Waals surface area contributed by atoms with Gasteiger partial charge in [-0.1, -0.05) is 0 Å². The molecule has 0 spiro atoms. The van der Waals surface area contributed by atoms with E-state index in [4.69, 9.17) is 4.74 Å². The quantitative estimate of drug-likeness (QED) is 0.659. The fraction of sp³-hybridized carbons (Fsp3) is 0.125. The first-order valence-electron chi connectivity index (χ1n) is 6.80. The van der Waals surface area contributed by atoms with Crippen LogP contribution < -0.4 is 5.56 Å². The number of hydrogen-bond donors (Lipinski definition) is 0. The van der Waals surface area contributed by atoms with Crippen molar-refractivity contribution in [1.29, 1.82) is 0 Å². The van der Waals surface area contributed by atoms with Gasteiger partial charge in [0, 0.05) is 28.6 Å². The van der Waals surface area contributed by atoms with Crippen LogP contribution >= 0.6 is 15.9 Å². The smallest absolute Gasteiger partial charge is 0.340 e. The second-order valence-electron chi connectivity index (χ2n) is 4.93. The Hall–Kier alpha value is -2.54. The van der Waals surface area contributed by atoms with Gasteiger partial charge in [0.05, 0.1) is 11.3 Å². The molecule has 3 rings (SSSR count). The predicted octanol–water partition coefficient (Wildman–Crippen LogP) is 2.52. The maximum absolute atomic E-state index is 12.1. The number of aromatic nitrogens is 3. The third kappa shape index (κ3) is 3.45. The zero-order valence-corrected chi connectivity index (χ0v) is 13.8. The molecule has 116 valence electrons. The molecule has 0 saturated heterocycles. The molecular weight excluding hydrogens is 362 g/mol. The molecule has 0 aromatic carbocycles. The molecule has 0 fully saturated rings. The van der Waals surface area contributed by atoms with Gasteiger partial charge in [0.15, 0.2) is 0 Å². The molecule has 7 heteroatoms. The van der Waals surface area contributed by atoms with Gasteiger partial charge in [-0.2, -0.15) is 0 Å². The van der Waals surface area contributed by atoms with Crippen molar-refractivity contribution in [3.8, 4) is 0 Å². The third-order valence-electron chi connectivity index (χ3n) is 3.17. The number of esters is 1. The second kappa shape index (κ2) is 6.29. The van der Waals surface area contributed by atoms with Gasteiger partial charge in [0.2, 0.25) is 0 Å². The number of rotatable bonds is 3. The highest BCUT2D eigenvalue weighted by Gasteiger charge is 2.09. The van der Waals surface area contributed by atoms with E-state index in [0.29, 0.717) is 16.9 Å². The van der Waals surface area contributed by atoms with E-state index in [1.807, 2.05) is 6.92 Å². The topological polar surface area (TPSA) is 73.6 Å². The summed E-state index contributed by atoms with van der Waals surface area (Å²) in [7, 11) is 0. The summed E-state index contributed by atoms with van der Waals surface area (Å²) in [4.78, 5) is 32.3. The van der Waals surface area contributed by atoms with E-state index in [1.54, 1.807) is 30.5 Å². The Balaban J connectivity index is 1.79. The summed E-state index contributed by atoms with van der Waals surface area (Å²) >= 11 is 3.30. The van der Waals surface area contributed by atoms with Gasteiger partial charge in [0.25, 0.3) is 5.56 Å². The molecule has 23 heavy (non-hydrogen) atoms. The molecule has 0 radical (unpaired) electrons. The van der Waals surface area contributed by atoms with Crippen molar-refractivity contribution < 1.29 is 9.53 Å². The summed E-state index contributed by atoms with van der Waals surface area (Å²) < 4.78 is 7.38. The molecule has 0 bridgehead atoms. The first-order valence-corrected chi connectivity index (χ1v) is 7.60. The molecule has 0 atom stereocenters. The van der Waals surface area contributed by atoms with Gasteiger partial charge in [-0.05, 0) is 47.1 Å². The number of pyridine rings is 2. The number of halogens is 1. The van der Waals surface area contributed by atoms with Crippen LogP contribution in [0.2, 0.25) is 0 Å². The number of ether oxygens (including phenoxy) is 1. The average Bonchev–Trinajstić information content (AvgIpc) is 2.54. The zero-order chi connectivity index (χ0) is 16.4. The van der Waals surface area contributed by atoms with Crippen molar-refractivity contribution in [3.05, 3.63) is 74.5 Å². The van der Waals surface area contributed by atoms with Crippen LogP contribution in [0.25, 0.3) is 5.65 Å². The minimum absolute atomic E-state index is 0.0749. The van der Waals surface area contributed by atoms with E-state index in [9.17, 15) is 9.59 Å². The standard InChI is InChI=1S/C16H12BrN3O3/c1-10-2-3-11(7-18-10)16(22)23-9-13-6-15(21)20-8-12(17)4-5-14(20)19-13/h2-8H,9H2,1H3. The molecule has 0 amide bonds. The van der Waals surface area contributed by atoms with E-state index in [1.165, 1.54) is 16.7 Å². The lowest BCUT2D eigenvalue weighted by Gasteiger charge is -2.06. The Kier molecular flexibility index (Phi) is 4.20. The van der Waals surface area contributed by atoms with E-state index in [2.05, 4.69) is 25.9 Å². The lowest BCUT2D eigenvalue weighted by atomic mass is 10.2.